The molecule has 2 unspecified atom stereocenters. The standard InChI is InChI=1S/C13H19NO3/c1-9(11(8-14)13(15)16)7-10-5-3-4-6-12(10)17-2/h3-6,9,11H,7-8,14H2,1-2H3,(H,15,16). The second-order valence-corrected chi connectivity index (χ2v) is 4.17. The number of nitrogens with two attached hydrogens (primary N) is 1. The van der Waals surface area contributed by atoms with E-state index in [0.717, 1.165) is 11.3 Å². The Hall–Kier alpha value is -1.55. The summed E-state index contributed by atoms with van der Waals surface area (Å²) in [4.78, 5) is 11.0. The lowest BCUT2D eigenvalue weighted by atomic mass is 9.88. The van der Waals surface area contributed by atoms with Crippen LogP contribution in [0.15, 0.2) is 24.3 Å². The number of ether oxygens (including phenoxy) is 1. The van der Waals surface area contributed by atoms with Crippen LogP contribution in [-0.4, -0.2) is 24.7 Å². The van der Waals surface area contributed by atoms with Crippen LogP contribution in [0.25, 0.3) is 0 Å². The summed E-state index contributed by atoms with van der Waals surface area (Å²) in [5, 5.41) is 9.04. The second kappa shape index (κ2) is 6.25. The number of hydrogen-bond donors (Lipinski definition) is 2. The van der Waals surface area contributed by atoms with Crippen molar-refractivity contribution in [3.8, 4) is 5.75 Å². The summed E-state index contributed by atoms with van der Waals surface area (Å²) in [5.74, 6) is -0.580. The monoisotopic (exact) mass is 237 g/mol. The molecule has 0 aliphatic heterocycles. The van der Waals surface area contributed by atoms with E-state index in [1.165, 1.54) is 0 Å². The molecule has 0 aliphatic rings. The number of carbonyl (C=O) groups is 1. The molecule has 1 aromatic carbocycles. The van der Waals surface area contributed by atoms with Gasteiger partial charge in [-0.05, 0) is 24.0 Å². The van der Waals surface area contributed by atoms with Crippen LogP contribution in [0.5, 0.6) is 5.75 Å². The fraction of sp³-hybridized carbons (Fsp3) is 0.462. The van der Waals surface area contributed by atoms with Crippen LogP contribution in [0.1, 0.15) is 12.5 Å². The fourth-order valence-corrected chi connectivity index (χ4v) is 1.94. The molecule has 1 rings (SSSR count). The van der Waals surface area contributed by atoms with Crippen molar-refractivity contribution >= 4 is 5.97 Å². The molecule has 3 N–H and O–H groups in total. The number of rotatable bonds is 6. The van der Waals surface area contributed by atoms with Gasteiger partial charge in [0.05, 0.1) is 13.0 Å². The summed E-state index contributed by atoms with van der Waals surface area (Å²) in [7, 11) is 1.61. The Morgan fingerprint density at radius 3 is 2.65 bits per heavy atom. The van der Waals surface area contributed by atoms with Crippen molar-refractivity contribution in [2.45, 2.75) is 13.3 Å². The summed E-state index contributed by atoms with van der Waals surface area (Å²) in [5.41, 5.74) is 6.50. The van der Waals surface area contributed by atoms with E-state index in [1.807, 2.05) is 31.2 Å². The number of carboxylic acids is 1. The number of carboxylic acid groups (broad SMARTS) is 1. The van der Waals surface area contributed by atoms with E-state index in [0.29, 0.717) is 6.42 Å². The van der Waals surface area contributed by atoms with Crippen molar-refractivity contribution in [1.82, 2.24) is 0 Å². The van der Waals surface area contributed by atoms with Crippen LogP contribution in [0.3, 0.4) is 0 Å². The molecule has 0 aromatic heterocycles. The molecule has 0 saturated heterocycles. The Morgan fingerprint density at radius 2 is 2.12 bits per heavy atom. The number of benzene rings is 1. The van der Waals surface area contributed by atoms with E-state index in [4.69, 9.17) is 15.6 Å². The van der Waals surface area contributed by atoms with E-state index in [2.05, 4.69) is 0 Å². The van der Waals surface area contributed by atoms with E-state index in [-0.39, 0.29) is 12.5 Å². The van der Waals surface area contributed by atoms with Crippen molar-refractivity contribution in [3.63, 3.8) is 0 Å². The van der Waals surface area contributed by atoms with Gasteiger partial charge in [0, 0.05) is 6.54 Å². The van der Waals surface area contributed by atoms with Gasteiger partial charge in [-0.15, -0.1) is 0 Å². The third-order valence-electron chi connectivity index (χ3n) is 2.99. The third kappa shape index (κ3) is 3.46. The smallest absolute Gasteiger partial charge is 0.308 e. The molecule has 17 heavy (non-hydrogen) atoms. The molecule has 94 valence electrons. The second-order valence-electron chi connectivity index (χ2n) is 4.17. The van der Waals surface area contributed by atoms with Crippen molar-refractivity contribution in [2.24, 2.45) is 17.6 Å². The van der Waals surface area contributed by atoms with Gasteiger partial charge in [-0.25, -0.2) is 0 Å². The van der Waals surface area contributed by atoms with E-state index in [9.17, 15) is 4.79 Å². The van der Waals surface area contributed by atoms with Crippen molar-refractivity contribution in [1.29, 1.82) is 0 Å². The Morgan fingerprint density at radius 1 is 1.47 bits per heavy atom. The zero-order valence-electron chi connectivity index (χ0n) is 10.2. The van der Waals surface area contributed by atoms with Crippen LogP contribution < -0.4 is 10.5 Å². The lowest BCUT2D eigenvalue weighted by Crippen LogP contribution is -2.30. The van der Waals surface area contributed by atoms with Gasteiger partial charge in [0.25, 0.3) is 0 Å². The zero-order valence-corrected chi connectivity index (χ0v) is 10.2. The van der Waals surface area contributed by atoms with Gasteiger partial charge in [-0.2, -0.15) is 0 Å². The van der Waals surface area contributed by atoms with Crippen LogP contribution in [0.2, 0.25) is 0 Å². The summed E-state index contributed by atoms with van der Waals surface area (Å²) >= 11 is 0. The SMILES string of the molecule is COc1ccccc1CC(C)C(CN)C(=O)O. The van der Waals surface area contributed by atoms with Crippen molar-refractivity contribution in [2.75, 3.05) is 13.7 Å². The Bertz CT molecular complexity index is 379. The highest BCUT2D eigenvalue weighted by molar-refractivity contribution is 5.70. The van der Waals surface area contributed by atoms with Crippen LogP contribution >= 0.6 is 0 Å². The molecule has 0 saturated carbocycles. The average molecular weight is 237 g/mol. The number of methoxy groups -OCH3 is 1. The van der Waals surface area contributed by atoms with Gasteiger partial charge in [-0.1, -0.05) is 25.1 Å². The lowest BCUT2D eigenvalue weighted by molar-refractivity contribution is -0.143. The number of hydrogen-bond acceptors (Lipinski definition) is 3. The van der Waals surface area contributed by atoms with Crippen LogP contribution in [0.4, 0.5) is 0 Å². The van der Waals surface area contributed by atoms with Crippen LogP contribution in [0, 0.1) is 11.8 Å². The molecular formula is C13H19NO3. The van der Waals surface area contributed by atoms with E-state index < -0.39 is 11.9 Å². The predicted octanol–water partition coefficient (Wildman–Crippen LogP) is 1.53. The van der Waals surface area contributed by atoms with Gasteiger partial charge in [0.15, 0.2) is 0 Å². The number of para-hydroxylation sites is 1. The molecule has 0 aliphatic carbocycles. The van der Waals surface area contributed by atoms with Crippen molar-refractivity contribution in [3.05, 3.63) is 29.8 Å². The first-order valence-corrected chi connectivity index (χ1v) is 5.65. The molecule has 1 aromatic rings. The Balaban J connectivity index is 2.79. The molecule has 0 radical (unpaired) electrons. The molecule has 0 bridgehead atoms. The Labute approximate surface area is 101 Å². The first-order valence-electron chi connectivity index (χ1n) is 5.65. The van der Waals surface area contributed by atoms with E-state index in [1.54, 1.807) is 7.11 Å². The van der Waals surface area contributed by atoms with Crippen molar-refractivity contribution < 1.29 is 14.6 Å². The minimum absolute atomic E-state index is 0.0196. The van der Waals surface area contributed by atoms with E-state index >= 15 is 0 Å². The molecular weight excluding hydrogens is 218 g/mol. The molecule has 0 spiro atoms. The summed E-state index contributed by atoms with van der Waals surface area (Å²) in [6.45, 7) is 2.06. The van der Waals surface area contributed by atoms with Crippen LogP contribution in [-0.2, 0) is 11.2 Å². The molecule has 4 nitrogen and oxygen atoms in total. The third-order valence-corrected chi connectivity index (χ3v) is 2.99. The molecule has 0 fully saturated rings. The predicted molar refractivity (Wildman–Crippen MR) is 66.0 cm³/mol. The highest BCUT2D eigenvalue weighted by Crippen LogP contribution is 2.24. The topological polar surface area (TPSA) is 72.5 Å². The van der Waals surface area contributed by atoms with Gasteiger partial charge in [-0.3, -0.25) is 4.79 Å². The summed E-state index contributed by atoms with van der Waals surface area (Å²) < 4.78 is 5.24. The maximum Gasteiger partial charge on any atom is 0.308 e. The zero-order chi connectivity index (χ0) is 12.8. The first kappa shape index (κ1) is 13.5. The molecule has 4 heteroatoms. The van der Waals surface area contributed by atoms with Gasteiger partial charge in [0.1, 0.15) is 5.75 Å². The molecule has 0 amide bonds. The summed E-state index contributed by atoms with van der Waals surface area (Å²) in [6, 6.07) is 7.64. The largest absolute Gasteiger partial charge is 0.496 e. The minimum atomic E-state index is -0.838. The normalized spacial score (nSPS) is 14.1. The quantitative estimate of drug-likeness (QED) is 0.787. The summed E-state index contributed by atoms with van der Waals surface area (Å²) in [6.07, 6.45) is 0.651. The Kier molecular flexibility index (Phi) is 4.97. The maximum absolute atomic E-state index is 11.0. The lowest BCUT2D eigenvalue weighted by Gasteiger charge is -2.19. The maximum atomic E-state index is 11.0. The van der Waals surface area contributed by atoms with Gasteiger partial charge < -0.3 is 15.6 Å². The average Bonchev–Trinajstić information content (AvgIpc) is 2.30. The highest BCUT2D eigenvalue weighted by atomic mass is 16.5. The molecule has 0 heterocycles. The number of aliphatic carboxylic acids is 1. The fourth-order valence-electron chi connectivity index (χ4n) is 1.94. The minimum Gasteiger partial charge on any atom is -0.496 e. The highest BCUT2D eigenvalue weighted by Gasteiger charge is 2.23. The van der Waals surface area contributed by atoms with Gasteiger partial charge >= 0.3 is 5.97 Å². The van der Waals surface area contributed by atoms with Gasteiger partial charge in [0.2, 0.25) is 0 Å². The molecule has 2 atom stereocenters. The first-order chi connectivity index (χ1) is 8.10.